The fourth-order valence-corrected chi connectivity index (χ4v) is 2.69. The van der Waals surface area contributed by atoms with E-state index < -0.39 is 6.61 Å². The Labute approximate surface area is 113 Å². The predicted octanol–water partition coefficient (Wildman–Crippen LogP) is 1.99. The molecule has 1 aliphatic rings. The molecule has 1 aliphatic heterocycles. The number of aliphatic hydroxyl groups is 1. The Morgan fingerprint density at radius 1 is 1.42 bits per heavy atom. The van der Waals surface area contributed by atoms with Crippen molar-refractivity contribution in [2.75, 3.05) is 19.7 Å². The highest BCUT2D eigenvalue weighted by molar-refractivity contribution is 5.77. The van der Waals surface area contributed by atoms with Gasteiger partial charge in [0.25, 0.3) is 0 Å². The molecule has 1 fully saturated rings. The molecule has 1 amide bonds. The molecule has 1 aromatic carbocycles. The van der Waals surface area contributed by atoms with E-state index in [0.29, 0.717) is 18.9 Å². The summed E-state index contributed by atoms with van der Waals surface area (Å²) in [5, 5.41) is 8.88. The van der Waals surface area contributed by atoms with Crippen LogP contribution < -0.4 is 0 Å². The van der Waals surface area contributed by atoms with Crippen molar-refractivity contribution in [2.24, 2.45) is 5.92 Å². The van der Waals surface area contributed by atoms with Crippen LogP contribution in [0.5, 0.6) is 0 Å². The van der Waals surface area contributed by atoms with E-state index in [-0.39, 0.29) is 11.7 Å². The summed E-state index contributed by atoms with van der Waals surface area (Å²) >= 11 is 0. The van der Waals surface area contributed by atoms with Crippen molar-refractivity contribution in [1.29, 1.82) is 0 Å². The minimum Gasteiger partial charge on any atom is -0.387 e. The fourth-order valence-electron chi connectivity index (χ4n) is 2.69. The second-order valence-electron chi connectivity index (χ2n) is 5.14. The van der Waals surface area contributed by atoms with E-state index in [1.54, 1.807) is 11.0 Å². The fraction of sp³-hybridized carbons (Fsp3) is 0.533. The first-order valence-electron chi connectivity index (χ1n) is 6.82. The van der Waals surface area contributed by atoms with E-state index in [4.69, 9.17) is 5.11 Å². The number of piperidine rings is 1. The van der Waals surface area contributed by atoms with E-state index in [2.05, 4.69) is 0 Å². The van der Waals surface area contributed by atoms with Gasteiger partial charge >= 0.3 is 0 Å². The quantitative estimate of drug-likeness (QED) is 0.904. The van der Waals surface area contributed by atoms with Crippen LogP contribution in [0.2, 0.25) is 0 Å². The Kier molecular flexibility index (Phi) is 4.91. The number of carbonyl (C=O) groups excluding carboxylic acids is 1. The lowest BCUT2D eigenvalue weighted by molar-refractivity contribution is -0.136. The number of likely N-dealkylation sites (tertiary alicyclic amines) is 1. The molecule has 0 unspecified atom stereocenters. The van der Waals surface area contributed by atoms with E-state index in [0.717, 1.165) is 31.4 Å². The minimum absolute atomic E-state index is 0.151. The number of benzene rings is 1. The molecule has 3 nitrogen and oxygen atoms in total. The third-order valence-corrected chi connectivity index (χ3v) is 3.79. The number of carbonyl (C=O) groups is 1. The minimum atomic E-state index is -0.417. The average Bonchev–Trinajstić information content (AvgIpc) is 2.46. The van der Waals surface area contributed by atoms with Gasteiger partial charge in [-0.1, -0.05) is 18.2 Å². The molecule has 19 heavy (non-hydrogen) atoms. The maximum Gasteiger partial charge on any atom is 0.248 e. The van der Waals surface area contributed by atoms with Crippen molar-refractivity contribution in [2.45, 2.75) is 25.7 Å². The Bertz CT molecular complexity index is 436. The molecule has 0 aliphatic carbocycles. The normalized spacial score (nSPS) is 19.5. The highest BCUT2D eigenvalue weighted by Gasteiger charge is 2.22. The van der Waals surface area contributed by atoms with Gasteiger partial charge in [0, 0.05) is 13.1 Å². The number of nitrogens with zero attached hydrogens (tertiary/aromatic N) is 1. The molecule has 1 saturated heterocycles. The van der Waals surface area contributed by atoms with Crippen LogP contribution in [0.4, 0.5) is 4.39 Å². The Morgan fingerprint density at radius 2 is 2.21 bits per heavy atom. The molecule has 1 heterocycles. The van der Waals surface area contributed by atoms with E-state index in [1.165, 1.54) is 6.07 Å². The zero-order valence-electron chi connectivity index (χ0n) is 11.0. The van der Waals surface area contributed by atoms with Gasteiger partial charge in [0.2, 0.25) is 5.91 Å². The van der Waals surface area contributed by atoms with Crippen molar-refractivity contribution in [3.63, 3.8) is 0 Å². The van der Waals surface area contributed by atoms with E-state index in [1.807, 2.05) is 12.1 Å². The standard InChI is InChI=1S/C15H20FNO2/c16-14-6-2-1-5-13(14)8-7-12-4-3-9-17(10-12)15(19)11-18/h1-2,5-6,12,18H,3-4,7-11H2/t12-/m0/s1. The van der Waals surface area contributed by atoms with Crippen LogP contribution in [-0.2, 0) is 11.2 Å². The van der Waals surface area contributed by atoms with Crippen molar-refractivity contribution in [3.05, 3.63) is 35.6 Å². The Balaban J connectivity index is 1.86. The summed E-state index contributed by atoms with van der Waals surface area (Å²) in [4.78, 5) is 13.2. The number of aryl methyl sites for hydroxylation is 1. The van der Waals surface area contributed by atoms with E-state index in [9.17, 15) is 9.18 Å². The van der Waals surface area contributed by atoms with Crippen LogP contribution in [0.3, 0.4) is 0 Å². The molecular weight excluding hydrogens is 245 g/mol. The van der Waals surface area contributed by atoms with Gasteiger partial charge in [-0.2, -0.15) is 0 Å². The first-order valence-corrected chi connectivity index (χ1v) is 6.82. The van der Waals surface area contributed by atoms with Gasteiger partial charge < -0.3 is 10.0 Å². The Hall–Kier alpha value is -1.42. The van der Waals surface area contributed by atoms with Crippen molar-refractivity contribution in [3.8, 4) is 0 Å². The molecule has 1 atom stereocenters. The van der Waals surface area contributed by atoms with Crippen LogP contribution in [0, 0.1) is 11.7 Å². The van der Waals surface area contributed by atoms with Crippen molar-refractivity contribution >= 4 is 5.91 Å². The van der Waals surface area contributed by atoms with Crippen LogP contribution in [-0.4, -0.2) is 35.6 Å². The summed E-state index contributed by atoms with van der Waals surface area (Å²) in [6.45, 7) is 1.00. The third-order valence-electron chi connectivity index (χ3n) is 3.79. The molecule has 0 spiro atoms. The van der Waals surface area contributed by atoms with Gasteiger partial charge in [-0.3, -0.25) is 4.79 Å². The topological polar surface area (TPSA) is 40.5 Å². The predicted molar refractivity (Wildman–Crippen MR) is 71.1 cm³/mol. The summed E-state index contributed by atoms with van der Waals surface area (Å²) < 4.78 is 13.5. The number of aliphatic hydroxyl groups excluding tert-OH is 1. The number of amides is 1. The average molecular weight is 265 g/mol. The van der Waals surface area contributed by atoms with Gasteiger partial charge in [-0.05, 0) is 43.2 Å². The van der Waals surface area contributed by atoms with Crippen LogP contribution in [0.1, 0.15) is 24.8 Å². The Morgan fingerprint density at radius 3 is 2.95 bits per heavy atom. The van der Waals surface area contributed by atoms with Crippen LogP contribution in [0.25, 0.3) is 0 Å². The lowest BCUT2D eigenvalue weighted by Gasteiger charge is -2.32. The second-order valence-corrected chi connectivity index (χ2v) is 5.14. The SMILES string of the molecule is O=C(CO)N1CCC[C@@H](CCc2ccccc2F)C1. The molecule has 104 valence electrons. The van der Waals surface area contributed by atoms with Crippen LogP contribution in [0.15, 0.2) is 24.3 Å². The molecule has 0 bridgehead atoms. The number of halogens is 1. The number of rotatable bonds is 4. The summed E-state index contributed by atoms with van der Waals surface area (Å²) in [5.74, 6) is 0.0565. The lowest BCUT2D eigenvalue weighted by Crippen LogP contribution is -2.41. The van der Waals surface area contributed by atoms with Gasteiger partial charge in [0.05, 0.1) is 0 Å². The van der Waals surface area contributed by atoms with Crippen molar-refractivity contribution in [1.82, 2.24) is 4.90 Å². The number of hydrogen-bond donors (Lipinski definition) is 1. The highest BCUT2D eigenvalue weighted by Crippen LogP contribution is 2.22. The van der Waals surface area contributed by atoms with Crippen LogP contribution >= 0.6 is 0 Å². The van der Waals surface area contributed by atoms with Gasteiger partial charge in [0.15, 0.2) is 0 Å². The number of hydrogen-bond acceptors (Lipinski definition) is 2. The summed E-state index contributed by atoms with van der Waals surface area (Å²) in [5.41, 5.74) is 0.744. The second kappa shape index (κ2) is 6.66. The maximum atomic E-state index is 13.5. The zero-order valence-corrected chi connectivity index (χ0v) is 11.0. The molecule has 1 aromatic rings. The summed E-state index contributed by atoms with van der Waals surface area (Å²) in [6.07, 6.45) is 3.63. The molecule has 1 N–H and O–H groups in total. The van der Waals surface area contributed by atoms with Crippen molar-refractivity contribution < 1.29 is 14.3 Å². The van der Waals surface area contributed by atoms with E-state index >= 15 is 0 Å². The summed E-state index contributed by atoms with van der Waals surface area (Å²) in [6, 6.07) is 6.84. The van der Waals surface area contributed by atoms with Gasteiger partial charge in [-0.25, -0.2) is 4.39 Å². The largest absolute Gasteiger partial charge is 0.387 e. The monoisotopic (exact) mass is 265 g/mol. The smallest absolute Gasteiger partial charge is 0.248 e. The third kappa shape index (κ3) is 3.77. The zero-order chi connectivity index (χ0) is 13.7. The lowest BCUT2D eigenvalue weighted by atomic mass is 9.91. The first kappa shape index (κ1) is 14.0. The maximum absolute atomic E-state index is 13.5. The summed E-state index contributed by atoms with van der Waals surface area (Å²) in [7, 11) is 0. The molecule has 4 heteroatoms. The molecule has 0 radical (unpaired) electrons. The molecular formula is C15H20FNO2. The molecule has 2 rings (SSSR count). The highest BCUT2D eigenvalue weighted by atomic mass is 19.1. The first-order chi connectivity index (χ1) is 9.20. The van der Waals surface area contributed by atoms with Gasteiger partial charge in [0.1, 0.15) is 12.4 Å². The molecule has 0 saturated carbocycles. The molecule has 0 aromatic heterocycles. The van der Waals surface area contributed by atoms with Gasteiger partial charge in [-0.15, -0.1) is 0 Å².